The molecule has 0 fully saturated rings. The van der Waals surface area contributed by atoms with E-state index in [0.717, 1.165) is 4.90 Å². The van der Waals surface area contributed by atoms with Crippen LogP contribution in [0.25, 0.3) is 0 Å². The van der Waals surface area contributed by atoms with Gasteiger partial charge in [-0.1, -0.05) is 42.1 Å². The molecule has 14 heavy (non-hydrogen) atoms. The Hall–Kier alpha value is -1.28. The minimum atomic E-state index is -0.165. The molecule has 0 amide bonds. The highest BCUT2D eigenvalue weighted by molar-refractivity contribution is 7.99. The van der Waals surface area contributed by atoms with Gasteiger partial charge in [0.15, 0.2) is 0 Å². The fraction of sp³-hybridized carbons (Fsp3) is 0. The summed E-state index contributed by atoms with van der Waals surface area (Å²) in [5, 5.41) is 0. The lowest BCUT2D eigenvalue weighted by molar-refractivity contribution is 0.602. The summed E-state index contributed by atoms with van der Waals surface area (Å²) >= 11 is 1.44. The molecule has 0 aliphatic carbocycles. The van der Waals surface area contributed by atoms with Crippen LogP contribution in [0.3, 0.4) is 0 Å². The topological polar surface area (TPSA) is 0 Å². The maximum atomic E-state index is 13.3. The van der Waals surface area contributed by atoms with E-state index in [1.165, 1.54) is 17.8 Å². The van der Waals surface area contributed by atoms with E-state index in [-0.39, 0.29) is 5.82 Å². The molecular formula is C12H9FS. The van der Waals surface area contributed by atoms with Crippen molar-refractivity contribution in [2.45, 2.75) is 9.79 Å². The van der Waals surface area contributed by atoms with Gasteiger partial charge in [0.25, 0.3) is 0 Å². The molecule has 0 heterocycles. The molecule has 0 spiro atoms. The maximum absolute atomic E-state index is 13.3. The van der Waals surface area contributed by atoms with Crippen LogP contribution in [0.1, 0.15) is 0 Å². The lowest BCUT2D eigenvalue weighted by atomic mass is 10.3. The SMILES string of the molecule is Fc1ccccc1Sc1ccccc1. The van der Waals surface area contributed by atoms with Crippen LogP contribution in [-0.2, 0) is 0 Å². The lowest BCUT2D eigenvalue weighted by Crippen LogP contribution is -1.78. The molecule has 2 aromatic carbocycles. The van der Waals surface area contributed by atoms with E-state index < -0.39 is 0 Å². The summed E-state index contributed by atoms with van der Waals surface area (Å²) in [7, 11) is 0. The number of hydrogen-bond donors (Lipinski definition) is 0. The molecule has 0 N–H and O–H groups in total. The Balaban J connectivity index is 2.24. The molecule has 0 saturated heterocycles. The maximum Gasteiger partial charge on any atom is 0.137 e. The summed E-state index contributed by atoms with van der Waals surface area (Å²) < 4.78 is 13.3. The number of halogens is 1. The van der Waals surface area contributed by atoms with Gasteiger partial charge in [-0.25, -0.2) is 4.39 Å². The van der Waals surface area contributed by atoms with E-state index in [9.17, 15) is 4.39 Å². The van der Waals surface area contributed by atoms with Crippen molar-refractivity contribution in [1.82, 2.24) is 0 Å². The normalized spacial score (nSPS) is 10.1. The van der Waals surface area contributed by atoms with Crippen LogP contribution in [0.15, 0.2) is 64.4 Å². The average molecular weight is 204 g/mol. The van der Waals surface area contributed by atoms with Crippen molar-refractivity contribution < 1.29 is 4.39 Å². The van der Waals surface area contributed by atoms with E-state index >= 15 is 0 Å². The second-order valence-corrected chi connectivity index (χ2v) is 3.96. The predicted octanol–water partition coefficient (Wildman–Crippen LogP) is 3.98. The third-order valence-corrected chi connectivity index (χ3v) is 2.87. The van der Waals surface area contributed by atoms with Crippen LogP contribution in [0.5, 0.6) is 0 Å². The van der Waals surface area contributed by atoms with Gasteiger partial charge in [0.05, 0.1) is 0 Å². The van der Waals surface area contributed by atoms with Gasteiger partial charge in [-0.2, -0.15) is 0 Å². The van der Waals surface area contributed by atoms with Crippen molar-refractivity contribution in [2.75, 3.05) is 0 Å². The van der Waals surface area contributed by atoms with Gasteiger partial charge < -0.3 is 0 Å². The van der Waals surface area contributed by atoms with E-state index in [4.69, 9.17) is 0 Å². The summed E-state index contributed by atoms with van der Waals surface area (Å²) in [6.07, 6.45) is 0. The van der Waals surface area contributed by atoms with Crippen molar-refractivity contribution >= 4 is 11.8 Å². The Labute approximate surface area is 86.8 Å². The minimum Gasteiger partial charge on any atom is -0.206 e. The fourth-order valence-corrected chi connectivity index (χ4v) is 2.00. The fourth-order valence-electron chi connectivity index (χ4n) is 1.14. The van der Waals surface area contributed by atoms with E-state index in [2.05, 4.69) is 0 Å². The highest BCUT2D eigenvalue weighted by Gasteiger charge is 2.01. The van der Waals surface area contributed by atoms with Crippen LogP contribution < -0.4 is 0 Å². The lowest BCUT2D eigenvalue weighted by Gasteiger charge is -2.01. The molecule has 2 heteroatoms. The summed E-state index contributed by atoms with van der Waals surface area (Å²) in [6, 6.07) is 16.6. The first kappa shape index (κ1) is 9.28. The number of benzene rings is 2. The van der Waals surface area contributed by atoms with Gasteiger partial charge in [0.1, 0.15) is 5.82 Å². The Morgan fingerprint density at radius 1 is 0.786 bits per heavy atom. The van der Waals surface area contributed by atoms with Crippen LogP contribution in [0.2, 0.25) is 0 Å². The molecule has 2 aromatic rings. The zero-order chi connectivity index (χ0) is 9.80. The standard InChI is InChI=1S/C12H9FS/c13-11-8-4-5-9-12(11)14-10-6-2-1-3-7-10/h1-9H. The predicted molar refractivity (Wildman–Crippen MR) is 57.0 cm³/mol. The third-order valence-electron chi connectivity index (χ3n) is 1.81. The first-order valence-electron chi connectivity index (χ1n) is 4.34. The first-order chi connectivity index (χ1) is 6.86. The summed E-state index contributed by atoms with van der Waals surface area (Å²) in [4.78, 5) is 1.72. The first-order valence-corrected chi connectivity index (χ1v) is 5.15. The summed E-state index contributed by atoms with van der Waals surface area (Å²) in [6.45, 7) is 0. The second kappa shape index (κ2) is 4.29. The molecular weight excluding hydrogens is 195 g/mol. The van der Waals surface area contributed by atoms with Crippen LogP contribution in [-0.4, -0.2) is 0 Å². The Morgan fingerprint density at radius 2 is 1.43 bits per heavy atom. The van der Waals surface area contributed by atoms with E-state index in [1.807, 2.05) is 36.4 Å². The number of rotatable bonds is 2. The van der Waals surface area contributed by atoms with E-state index in [0.29, 0.717) is 4.90 Å². The quantitative estimate of drug-likeness (QED) is 0.713. The van der Waals surface area contributed by atoms with Crippen molar-refractivity contribution in [3.8, 4) is 0 Å². The van der Waals surface area contributed by atoms with Crippen LogP contribution >= 0.6 is 11.8 Å². The molecule has 0 bridgehead atoms. The molecule has 0 nitrogen and oxygen atoms in total. The molecule has 0 aliphatic rings. The third kappa shape index (κ3) is 2.15. The van der Waals surface area contributed by atoms with Gasteiger partial charge in [-0.15, -0.1) is 0 Å². The monoisotopic (exact) mass is 204 g/mol. The highest BCUT2D eigenvalue weighted by Crippen LogP contribution is 2.28. The minimum absolute atomic E-state index is 0.165. The van der Waals surface area contributed by atoms with Crippen LogP contribution in [0.4, 0.5) is 4.39 Å². The van der Waals surface area contributed by atoms with Crippen molar-refractivity contribution in [1.29, 1.82) is 0 Å². The molecule has 0 saturated carbocycles. The van der Waals surface area contributed by atoms with Gasteiger partial charge in [-0.3, -0.25) is 0 Å². The molecule has 70 valence electrons. The Morgan fingerprint density at radius 3 is 2.14 bits per heavy atom. The largest absolute Gasteiger partial charge is 0.206 e. The summed E-state index contributed by atoms with van der Waals surface area (Å²) in [5.74, 6) is -0.165. The molecule has 0 aromatic heterocycles. The Bertz CT molecular complexity index is 412. The molecule has 0 radical (unpaired) electrons. The smallest absolute Gasteiger partial charge is 0.137 e. The highest BCUT2D eigenvalue weighted by atomic mass is 32.2. The molecule has 0 unspecified atom stereocenters. The Kier molecular flexibility index (Phi) is 2.84. The molecule has 0 atom stereocenters. The molecule has 2 rings (SSSR count). The van der Waals surface area contributed by atoms with Gasteiger partial charge >= 0.3 is 0 Å². The summed E-state index contributed by atoms with van der Waals surface area (Å²) in [5.41, 5.74) is 0. The van der Waals surface area contributed by atoms with Crippen molar-refractivity contribution in [3.63, 3.8) is 0 Å². The zero-order valence-corrected chi connectivity index (χ0v) is 8.30. The van der Waals surface area contributed by atoms with Gasteiger partial charge in [0.2, 0.25) is 0 Å². The average Bonchev–Trinajstić information content (AvgIpc) is 2.23. The van der Waals surface area contributed by atoms with Gasteiger partial charge in [-0.05, 0) is 24.3 Å². The number of hydrogen-bond acceptors (Lipinski definition) is 1. The van der Waals surface area contributed by atoms with Gasteiger partial charge in [0, 0.05) is 9.79 Å². The van der Waals surface area contributed by atoms with Crippen LogP contribution in [0, 0.1) is 5.82 Å². The van der Waals surface area contributed by atoms with E-state index in [1.54, 1.807) is 12.1 Å². The zero-order valence-electron chi connectivity index (χ0n) is 7.48. The van der Waals surface area contributed by atoms with Crippen molar-refractivity contribution in [3.05, 3.63) is 60.4 Å². The van der Waals surface area contributed by atoms with Crippen molar-refractivity contribution in [2.24, 2.45) is 0 Å². The molecule has 0 aliphatic heterocycles. The second-order valence-electron chi connectivity index (χ2n) is 2.85.